The van der Waals surface area contributed by atoms with Crippen LogP contribution < -0.4 is 14.2 Å². The Morgan fingerprint density at radius 2 is 2.00 bits per heavy atom. The summed E-state index contributed by atoms with van der Waals surface area (Å²) in [6.45, 7) is 0. The van der Waals surface area contributed by atoms with Crippen LogP contribution in [0.25, 0.3) is 0 Å². The molecule has 1 aromatic carbocycles. The fourth-order valence-electron chi connectivity index (χ4n) is 3.07. The summed E-state index contributed by atoms with van der Waals surface area (Å²) in [5.41, 5.74) is 0.974. The highest BCUT2D eigenvalue weighted by Gasteiger charge is 2.47. The smallest absolute Gasteiger partial charge is 0.261 e. The number of halogens is 2. The summed E-state index contributed by atoms with van der Waals surface area (Å²) in [5.74, 6) is 2.23. The average Bonchev–Trinajstić information content (AvgIpc) is 3.23. The molecule has 0 bridgehead atoms. The molecule has 1 spiro atoms. The molecule has 0 N–H and O–H groups in total. The number of methoxy groups -OCH3 is 1. The Morgan fingerprint density at radius 3 is 2.65 bits per heavy atom. The third-order valence-electron chi connectivity index (χ3n) is 4.41. The summed E-state index contributed by atoms with van der Waals surface area (Å²) in [6.07, 6.45) is 3.74. The van der Waals surface area contributed by atoms with Crippen molar-refractivity contribution >= 4 is 40.7 Å². The molecule has 136 valence electrons. The van der Waals surface area contributed by atoms with E-state index in [4.69, 9.17) is 37.4 Å². The first-order chi connectivity index (χ1) is 12.5. The number of Topliss-reactive ketones (excluding diaryl/α,β-unsaturated/α-hetero) is 1. The van der Waals surface area contributed by atoms with Gasteiger partial charge in [0.15, 0.2) is 17.3 Å². The first kappa shape index (κ1) is 17.8. The molecule has 2 aliphatic heterocycles. The van der Waals surface area contributed by atoms with Gasteiger partial charge in [-0.05, 0) is 12.1 Å². The third-order valence-corrected chi connectivity index (χ3v) is 6.20. The number of carbonyl (C=O) groups is 1. The zero-order chi connectivity index (χ0) is 18.3. The number of carbonyl (C=O) groups excluding carboxylic acids is 1. The van der Waals surface area contributed by atoms with Crippen LogP contribution >= 0.6 is 35.0 Å². The molecule has 1 unspecified atom stereocenters. The van der Waals surface area contributed by atoms with Crippen molar-refractivity contribution in [1.82, 2.24) is 4.98 Å². The minimum atomic E-state index is -0.720. The lowest BCUT2D eigenvalue weighted by atomic mass is 10.0. The molecule has 1 aromatic heterocycles. The molecule has 0 radical (unpaired) electrons. The maximum atomic E-state index is 13.0. The molecule has 2 aromatic rings. The number of nitrogens with zero attached hydrogens (tertiary/aromatic N) is 1. The second-order valence-corrected chi connectivity index (χ2v) is 7.99. The van der Waals surface area contributed by atoms with Gasteiger partial charge in [-0.2, -0.15) is 11.8 Å². The highest BCUT2D eigenvalue weighted by molar-refractivity contribution is 7.99. The maximum absolute atomic E-state index is 13.0. The predicted molar refractivity (Wildman–Crippen MR) is 101 cm³/mol. The molecule has 1 atom stereocenters. The van der Waals surface area contributed by atoms with Gasteiger partial charge in [-0.3, -0.25) is 9.78 Å². The largest absolute Gasteiger partial charge is 0.493 e. The number of fused-ring (bicyclic) bond motifs is 1. The van der Waals surface area contributed by atoms with E-state index in [9.17, 15) is 4.79 Å². The molecule has 2 aliphatic rings. The zero-order valence-corrected chi connectivity index (χ0v) is 16.2. The van der Waals surface area contributed by atoms with Gasteiger partial charge >= 0.3 is 0 Å². The quantitative estimate of drug-likeness (QED) is 0.693. The summed E-state index contributed by atoms with van der Waals surface area (Å²) >= 11 is 14.1. The van der Waals surface area contributed by atoms with E-state index in [0.717, 1.165) is 12.2 Å². The van der Waals surface area contributed by atoms with Gasteiger partial charge in [0.2, 0.25) is 5.75 Å². The molecule has 26 heavy (non-hydrogen) atoms. The summed E-state index contributed by atoms with van der Waals surface area (Å²) in [4.78, 5) is 16.9. The summed E-state index contributed by atoms with van der Waals surface area (Å²) in [7, 11) is 1.56. The van der Waals surface area contributed by atoms with E-state index in [1.54, 1.807) is 31.0 Å². The van der Waals surface area contributed by atoms with Gasteiger partial charge in [0.05, 0.1) is 28.5 Å². The fourth-order valence-corrected chi connectivity index (χ4v) is 4.74. The van der Waals surface area contributed by atoms with E-state index < -0.39 is 5.79 Å². The van der Waals surface area contributed by atoms with E-state index in [0.29, 0.717) is 44.2 Å². The van der Waals surface area contributed by atoms with E-state index in [2.05, 4.69) is 4.98 Å². The first-order valence-corrected chi connectivity index (χ1v) is 9.92. The highest BCUT2D eigenvalue weighted by Crippen LogP contribution is 2.51. The normalized spacial score (nSPS) is 20.6. The Hall–Kier alpha value is -1.63. The number of pyridine rings is 1. The molecule has 1 fully saturated rings. The van der Waals surface area contributed by atoms with Gasteiger partial charge < -0.3 is 14.2 Å². The Kier molecular flexibility index (Phi) is 4.67. The second kappa shape index (κ2) is 6.83. The van der Waals surface area contributed by atoms with E-state index in [1.807, 2.05) is 0 Å². The average molecular weight is 412 g/mol. The number of thioether (sulfide) groups is 1. The first-order valence-electron chi connectivity index (χ1n) is 8.01. The topological polar surface area (TPSA) is 57.7 Å². The summed E-state index contributed by atoms with van der Waals surface area (Å²) < 4.78 is 17.6. The molecule has 0 saturated carbocycles. The molecular formula is C18H15Cl2NO4S. The lowest BCUT2D eigenvalue weighted by Gasteiger charge is -2.20. The standard InChI is InChI=1S/C18H15Cl2NO4S/c1-23-15-3-2-10(14(22)6-11-12(19)7-21-8-13(11)20)16-17(15)25-18(24-16)4-5-26-9-18/h2-3,7-8H,4-6,9H2,1H3. The van der Waals surface area contributed by atoms with Gasteiger partial charge in [0.1, 0.15) is 0 Å². The monoisotopic (exact) mass is 411 g/mol. The SMILES string of the molecule is COc1ccc(C(=O)Cc2c(Cl)cncc2Cl)c2c1OC1(CCSC1)O2. The molecule has 8 heteroatoms. The van der Waals surface area contributed by atoms with Crippen LogP contribution in [-0.4, -0.2) is 35.2 Å². The van der Waals surface area contributed by atoms with Crippen LogP contribution in [0.5, 0.6) is 17.2 Å². The minimum Gasteiger partial charge on any atom is -0.493 e. The van der Waals surface area contributed by atoms with Crippen molar-refractivity contribution in [2.45, 2.75) is 18.6 Å². The predicted octanol–water partition coefficient (Wildman–Crippen LogP) is 4.43. The van der Waals surface area contributed by atoms with Crippen molar-refractivity contribution < 1.29 is 19.0 Å². The van der Waals surface area contributed by atoms with E-state index in [1.165, 1.54) is 12.4 Å². The third kappa shape index (κ3) is 3.00. The van der Waals surface area contributed by atoms with Gasteiger partial charge in [-0.15, -0.1) is 0 Å². The number of hydrogen-bond acceptors (Lipinski definition) is 6. The van der Waals surface area contributed by atoms with Crippen LogP contribution in [0, 0.1) is 0 Å². The van der Waals surface area contributed by atoms with Crippen molar-refractivity contribution in [1.29, 1.82) is 0 Å². The molecule has 0 amide bonds. The van der Waals surface area contributed by atoms with Crippen LogP contribution in [0.2, 0.25) is 10.0 Å². The van der Waals surface area contributed by atoms with Crippen LogP contribution in [-0.2, 0) is 6.42 Å². The number of ether oxygens (including phenoxy) is 3. The molecule has 3 heterocycles. The summed E-state index contributed by atoms with van der Waals surface area (Å²) in [6, 6.07) is 3.40. The molecular weight excluding hydrogens is 397 g/mol. The molecule has 4 rings (SSSR count). The molecule has 5 nitrogen and oxygen atoms in total. The van der Waals surface area contributed by atoms with Crippen molar-refractivity contribution in [3.8, 4) is 17.2 Å². The molecule has 0 aliphatic carbocycles. The number of rotatable bonds is 4. The van der Waals surface area contributed by atoms with Crippen LogP contribution in [0.3, 0.4) is 0 Å². The number of ketones is 1. The lowest BCUT2D eigenvalue weighted by molar-refractivity contribution is -0.0542. The van der Waals surface area contributed by atoms with Gasteiger partial charge in [0.25, 0.3) is 5.79 Å². The molecule has 1 saturated heterocycles. The maximum Gasteiger partial charge on any atom is 0.261 e. The van der Waals surface area contributed by atoms with Gasteiger partial charge in [-0.1, -0.05) is 23.2 Å². The van der Waals surface area contributed by atoms with Gasteiger partial charge in [0, 0.05) is 36.6 Å². The Bertz CT molecular complexity index is 863. The van der Waals surface area contributed by atoms with Gasteiger partial charge in [-0.25, -0.2) is 0 Å². The number of benzene rings is 1. The van der Waals surface area contributed by atoms with E-state index >= 15 is 0 Å². The van der Waals surface area contributed by atoms with Crippen molar-refractivity contribution in [2.24, 2.45) is 0 Å². The van der Waals surface area contributed by atoms with Crippen molar-refractivity contribution in [3.63, 3.8) is 0 Å². The number of hydrogen-bond donors (Lipinski definition) is 0. The Morgan fingerprint density at radius 1 is 1.27 bits per heavy atom. The van der Waals surface area contributed by atoms with Crippen LogP contribution in [0.1, 0.15) is 22.3 Å². The number of aromatic nitrogens is 1. The van der Waals surface area contributed by atoms with Crippen molar-refractivity contribution in [2.75, 3.05) is 18.6 Å². The van der Waals surface area contributed by atoms with Crippen LogP contribution in [0.4, 0.5) is 0 Å². The lowest BCUT2D eigenvalue weighted by Crippen LogP contribution is -2.38. The highest BCUT2D eigenvalue weighted by atomic mass is 35.5. The zero-order valence-electron chi connectivity index (χ0n) is 13.9. The second-order valence-electron chi connectivity index (χ2n) is 6.07. The Labute approximate surface area is 164 Å². The minimum absolute atomic E-state index is 0.0457. The fraction of sp³-hybridized carbons (Fsp3) is 0.333. The Balaban J connectivity index is 1.70. The van der Waals surface area contributed by atoms with Crippen molar-refractivity contribution in [3.05, 3.63) is 45.7 Å². The summed E-state index contributed by atoms with van der Waals surface area (Å²) in [5, 5.41) is 0.716. The van der Waals surface area contributed by atoms with Crippen LogP contribution in [0.15, 0.2) is 24.5 Å². The van der Waals surface area contributed by atoms with E-state index in [-0.39, 0.29) is 12.2 Å².